The highest BCUT2D eigenvalue weighted by Crippen LogP contribution is 2.26. The number of nitrogens with zero attached hydrogens (tertiary/aromatic N) is 2. The molecule has 2 N–H and O–H groups in total. The van der Waals surface area contributed by atoms with Gasteiger partial charge in [0.15, 0.2) is 6.61 Å². The summed E-state index contributed by atoms with van der Waals surface area (Å²) in [5, 5.41) is 25.8. The maximum absolute atomic E-state index is 12.7. The number of ether oxygens (including phenoxy) is 1. The van der Waals surface area contributed by atoms with E-state index >= 15 is 0 Å². The predicted molar refractivity (Wildman–Crippen MR) is 139 cm³/mol. The molecule has 3 rings (SSSR count). The quantitative estimate of drug-likeness (QED) is 0.164. The van der Waals surface area contributed by atoms with Gasteiger partial charge in [-0.05, 0) is 55.8 Å². The van der Waals surface area contributed by atoms with E-state index in [2.05, 4.69) is 26.6 Å². The van der Waals surface area contributed by atoms with Gasteiger partial charge in [0.25, 0.3) is 17.5 Å². The molecule has 0 atom stereocenters. The maximum Gasteiger partial charge on any atom is 0.271 e. The van der Waals surface area contributed by atoms with Crippen LogP contribution in [-0.4, -0.2) is 23.3 Å². The number of carbonyl (C=O) groups is 2. The smallest absolute Gasteiger partial charge is 0.271 e. The third kappa shape index (κ3) is 7.01. The summed E-state index contributed by atoms with van der Waals surface area (Å²) in [4.78, 5) is 35.5. The average molecular weight is 549 g/mol. The molecule has 0 bridgehead atoms. The van der Waals surface area contributed by atoms with Crippen LogP contribution in [0.5, 0.6) is 5.75 Å². The Hall–Kier alpha value is -4.49. The van der Waals surface area contributed by atoms with Crippen molar-refractivity contribution in [1.82, 2.24) is 0 Å². The molecule has 3 aromatic rings. The number of aryl methyl sites for hydroxylation is 2. The minimum atomic E-state index is -0.753. The summed E-state index contributed by atoms with van der Waals surface area (Å²) in [6.45, 7) is 3.56. The highest BCUT2D eigenvalue weighted by Gasteiger charge is 2.15. The lowest BCUT2D eigenvalue weighted by molar-refractivity contribution is -0.384. The molecule has 0 spiro atoms. The van der Waals surface area contributed by atoms with Crippen LogP contribution in [0.4, 0.5) is 17.1 Å². The first-order valence-electron chi connectivity index (χ1n) is 10.6. The van der Waals surface area contributed by atoms with Crippen molar-refractivity contribution in [3.63, 3.8) is 0 Å². The van der Waals surface area contributed by atoms with E-state index in [-0.39, 0.29) is 35.2 Å². The van der Waals surface area contributed by atoms with Crippen molar-refractivity contribution >= 4 is 50.9 Å². The molecule has 0 aliphatic rings. The zero-order valence-corrected chi connectivity index (χ0v) is 21.0. The molecule has 0 unspecified atom stereocenters. The molecular formula is C26H21BrN4O5. The molecule has 0 aliphatic heterocycles. The number of halogens is 1. The predicted octanol–water partition coefficient (Wildman–Crippen LogP) is 5.54. The van der Waals surface area contributed by atoms with E-state index < -0.39 is 10.8 Å². The Labute approximate surface area is 215 Å². The Morgan fingerprint density at radius 1 is 1.11 bits per heavy atom. The minimum absolute atomic E-state index is 0.170. The Morgan fingerprint density at radius 2 is 1.89 bits per heavy atom. The van der Waals surface area contributed by atoms with Crippen LogP contribution in [0, 0.1) is 35.3 Å². The molecule has 9 nitrogen and oxygen atoms in total. The fourth-order valence-corrected chi connectivity index (χ4v) is 3.63. The van der Waals surface area contributed by atoms with Crippen molar-refractivity contribution in [2.24, 2.45) is 0 Å². The van der Waals surface area contributed by atoms with Gasteiger partial charge in [0, 0.05) is 33.5 Å². The van der Waals surface area contributed by atoms with Gasteiger partial charge < -0.3 is 15.4 Å². The van der Waals surface area contributed by atoms with Gasteiger partial charge in [0.2, 0.25) is 0 Å². The van der Waals surface area contributed by atoms with E-state index in [1.807, 2.05) is 38.1 Å². The molecule has 0 aromatic heterocycles. The van der Waals surface area contributed by atoms with Gasteiger partial charge in [0.05, 0.1) is 4.92 Å². The Bertz CT molecular complexity index is 1410. The van der Waals surface area contributed by atoms with E-state index in [9.17, 15) is 25.0 Å². The number of hydrogen-bond acceptors (Lipinski definition) is 6. The molecule has 182 valence electrons. The SMILES string of the molecule is Cc1ccc(NC(=O)COc2ccc(Br)cc2/C=C(/C#N)C(=O)Nc2cccc([N+](=O)[O-])c2)c(C)c1. The third-order valence-electron chi connectivity index (χ3n) is 4.97. The molecule has 0 aliphatic carbocycles. The van der Waals surface area contributed by atoms with Crippen LogP contribution in [0.2, 0.25) is 0 Å². The van der Waals surface area contributed by atoms with Crippen molar-refractivity contribution in [2.75, 3.05) is 17.2 Å². The molecular weight excluding hydrogens is 528 g/mol. The summed E-state index contributed by atoms with van der Waals surface area (Å²) in [6, 6.07) is 17.8. The lowest BCUT2D eigenvalue weighted by atomic mass is 10.1. The van der Waals surface area contributed by atoms with Crippen LogP contribution >= 0.6 is 15.9 Å². The standard InChI is InChI=1S/C26H21BrN4O5/c1-16-6-8-23(17(2)10-16)30-25(32)15-36-24-9-7-20(27)12-18(24)11-19(14-28)26(33)29-21-4-3-5-22(13-21)31(34)35/h3-13H,15H2,1-2H3,(H,29,33)(H,30,32)/b19-11-. The van der Waals surface area contributed by atoms with Crippen LogP contribution in [0.1, 0.15) is 16.7 Å². The van der Waals surface area contributed by atoms with Crippen molar-refractivity contribution in [3.8, 4) is 11.8 Å². The zero-order valence-electron chi connectivity index (χ0n) is 19.4. The van der Waals surface area contributed by atoms with Gasteiger partial charge in [-0.25, -0.2) is 0 Å². The fourth-order valence-electron chi connectivity index (χ4n) is 3.25. The largest absolute Gasteiger partial charge is 0.483 e. The first-order valence-corrected chi connectivity index (χ1v) is 11.4. The van der Waals surface area contributed by atoms with E-state index in [4.69, 9.17) is 4.74 Å². The van der Waals surface area contributed by atoms with Crippen LogP contribution in [0.3, 0.4) is 0 Å². The molecule has 3 aromatic carbocycles. The lowest BCUT2D eigenvalue weighted by Gasteiger charge is -2.12. The van der Waals surface area contributed by atoms with Gasteiger partial charge in [-0.1, -0.05) is 39.7 Å². The van der Waals surface area contributed by atoms with Crippen LogP contribution in [0.15, 0.2) is 70.7 Å². The lowest BCUT2D eigenvalue weighted by Crippen LogP contribution is -2.21. The molecule has 0 radical (unpaired) electrons. The molecule has 2 amide bonds. The summed E-state index contributed by atoms with van der Waals surface area (Å²) in [6.07, 6.45) is 1.31. The Balaban J connectivity index is 1.76. The van der Waals surface area contributed by atoms with E-state index in [0.29, 0.717) is 15.7 Å². The molecule has 0 heterocycles. The minimum Gasteiger partial charge on any atom is -0.483 e. The van der Waals surface area contributed by atoms with Gasteiger partial charge >= 0.3 is 0 Å². The number of carbonyl (C=O) groups excluding carboxylic acids is 2. The summed E-state index contributed by atoms with van der Waals surface area (Å²) < 4.78 is 6.35. The third-order valence-corrected chi connectivity index (χ3v) is 5.46. The number of nitro benzene ring substituents is 1. The van der Waals surface area contributed by atoms with E-state index in [1.165, 1.54) is 30.3 Å². The normalized spacial score (nSPS) is 10.8. The number of rotatable bonds is 8. The molecule has 0 fully saturated rings. The average Bonchev–Trinajstić information content (AvgIpc) is 2.83. The number of non-ortho nitro benzene ring substituents is 1. The molecule has 10 heteroatoms. The maximum atomic E-state index is 12.7. The van der Waals surface area contributed by atoms with Crippen molar-refractivity contribution in [3.05, 3.63) is 97.5 Å². The van der Waals surface area contributed by atoms with Gasteiger partial charge in [-0.15, -0.1) is 0 Å². The summed E-state index contributed by atoms with van der Waals surface area (Å²) in [5.41, 5.74) is 2.77. The number of anilines is 2. The van der Waals surface area contributed by atoms with Gasteiger partial charge in [-0.3, -0.25) is 19.7 Å². The highest BCUT2D eigenvalue weighted by atomic mass is 79.9. The second-order valence-electron chi connectivity index (χ2n) is 7.77. The van der Waals surface area contributed by atoms with Gasteiger partial charge in [0.1, 0.15) is 17.4 Å². The second kappa shape index (κ2) is 11.8. The number of benzene rings is 3. The van der Waals surface area contributed by atoms with Crippen molar-refractivity contribution < 1.29 is 19.2 Å². The molecule has 0 saturated heterocycles. The number of hydrogen-bond donors (Lipinski definition) is 2. The van der Waals surface area contributed by atoms with Crippen molar-refractivity contribution in [1.29, 1.82) is 5.26 Å². The van der Waals surface area contributed by atoms with Crippen LogP contribution < -0.4 is 15.4 Å². The zero-order chi connectivity index (χ0) is 26.2. The first-order chi connectivity index (χ1) is 17.2. The topological polar surface area (TPSA) is 134 Å². The highest BCUT2D eigenvalue weighted by molar-refractivity contribution is 9.10. The second-order valence-corrected chi connectivity index (χ2v) is 8.68. The molecule has 36 heavy (non-hydrogen) atoms. The number of nitrogens with one attached hydrogen (secondary N) is 2. The number of amides is 2. The monoisotopic (exact) mass is 548 g/mol. The van der Waals surface area contributed by atoms with Crippen LogP contribution in [0.25, 0.3) is 6.08 Å². The fraction of sp³-hybridized carbons (Fsp3) is 0.115. The van der Waals surface area contributed by atoms with E-state index in [1.54, 1.807) is 18.2 Å². The Morgan fingerprint density at radius 3 is 2.58 bits per heavy atom. The van der Waals surface area contributed by atoms with Crippen molar-refractivity contribution in [2.45, 2.75) is 13.8 Å². The Kier molecular flexibility index (Phi) is 8.54. The number of nitriles is 1. The number of nitro groups is 1. The summed E-state index contributed by atoms with van der Waals surface area (Å²) >= 11 is 3.35. The van der Waals surface area contributed by atoms with Crippen LogP contribution in [-0.2, 0) is 9.59 Å². The summed E-state index contributed by atoms with van der Waals surface area (Å²) in [7, 11) is 0. The first kappa shape index (κ1) is 26.1. The molecule has 0 saturated carbocycles. The van der Waals surface area contributed by atoms with Gasteiger partial charge in [-0.2, -0.15) is 5.26 Å². The summed E-state index contributed by atoms with van der Waals surface area (Å²) in [5.74, 6) is -0.842. The van der Waals surface area contributed by atoms with E-state index in [0.717, 1.165) is 11.1 Å².